The zero-order valence-electron chi connectivity index (χ0n) is 2.31. The average molecular weight is 483 g/mol. The van der Waals surface area contributed by atoms with Crippen LogP contribution < -0.4 is 0 Å². The van der Waals surface area contributed by atoms with Crippen LogP contribution in [0.2, 0.25) is 0 Å². The zero-order chi connectivity index (χ0) is 0. The van der Waals surface area contributed by atoms with Gasteiger partial charge in [0.25, 0.3) is 0 Å². The summed E-state index contributed by atoms with van der Waals surface area (Å²) in [6.45, 7) is 0. The summed E-state index contributed by atoms with van der Waals surface area (Å²) >= 11 is 0. The van der Waals surface area contributed by atoms with E-state index < -0.39 is 0 Å². The Bertz CT molecular complexity index is 3.25. The molecule has 0 aliphatic carbocycles. The number of rotatable bonds is 0. The Morgan fingerprint density at radius 1 is 0.500 bits per heavy atom. The molecule has 0 spiro atoms. The predicted molar refractivity (Wildman–Crippen MR) is 17.3 cm³/mol. The molecule has 0 saturated carbocycles. The molecule has 4 heavy (non-hydrogen) atoms. The zero-order valence-corrected chi connectivity index (χ0v) is 15.8. The Kier molecular flexibility index (Phi) is 98.8. The van der Waals surface area contributed by atoms with Gasteiger partial charge in [0, 0.05) is 113 Å². The van der Waals surface area contributed by atoms with E-state index in [-0.39, 0.29) is 113 Å². The second kappa shape index (κ2) is 15.8. The van der Waals surface area contributed by atoms with E-state index in [9.17, 15) is 0 Å². The Morgan fingerprint density at radius 3 is 0.500 bits per heavy atom. The van der Waals surface area contributed by atoms with Crippen molar-refractivity contribution in [3.8, 4) is 0 Å². The molecule has 0 aromatic carbocycles. The van der Waals surface area contributed by atoms with Gasteiger partial charge in [-0.25, -0.2) is 0 Å². The third-order valence-electron chi connectivity index (χ3n) is 0. The second-order valence-corrected chi connectivity index (χ2v) is 0. The van der Waals surface area contributed by atoms with Crippen molar-refractivity contribution in [1.82, 2.24) is 0 Å². The normalized spacial score (nSPS) is 0. The molecule has 4 heteroatoms. The maximum absolute atomic E-state index is 0. The van der Waals surface area contributed by atoms with E-state index in [0.29, 0.717) is 0 Å². The molecular weight excluding hydrogens is 483 g/mol. The Balaban J connectivity index is 0. The van der Waals surface area contributed by atoms with Gasteiger partial charge in [-0.05, 0) is 0 Å². The van der Waals surface area contributed by atoms with Crippen LogP contribution in [0.15, 0.2) is 0 Å². The van der Waals surface area contributed by atoms with Crippen LogP contribution in [0, 0.1) is 35.6 Å². The van der Waals surface area contributed by atoms with Gasteiger partial charge in [0.2, 0.25) is 0 Å². The van der Waals surface area contributed by atoms with Crippen LogP contribution in [0.5, 0.6) is 0 Å². The van der Waals surface area contributed by atoms with Crippen molar-refractivity contribution in [3.63, 3.8) is 0 Å². The van der Waals surface area contributed by atoms with Crippen molar-refractivity contribution >= 4 is 77.5 Å². The molecule has 12 valence electrons. The van der Waals surface area contributed by atoms with Crippen molar-refractivity contribution in [2.75, 3.05) is 0 Å². The standard InChI is InChI=1S/3In.La. The smallest absolute Gasteiger partial charge is 0 e. The van der Waals surface area contributed by atoms with Crippen molar-refractivity contribution in [3.05, 3.63) is 0 Å². The summed E-state index contributed by atoms with van der Waals surface area (Å²) in [7, 11) is 0. The van der Waals surface area contributed by atoms with E-state index in [1.54, 1.807) is 0 Å². The van der Waals surface area contributed by atoms with E-state index in [4.69, 9.17) is 0 Å². The Morgan fingerprint density at radius 2 is 0.500 bits per heavy atom. The van der Waals surface area contributed by atoms with Crippen LogP contribution in [0.4, 0.5) is 0 Å². The molecule has 0 nitrogen and oxygen atoms in total. The molecule has 0 fully saturated rings. The maximum atomic E-state index is 0. The van der Waals surface area contributed by atoms with Gasteiger partial charge in [0.1, 0.15) is 0 Å². The molecule has 10 radical (unpaired) electrons. The SMILES string of the molecule is [In].[In].[In].[La]. The molecule has 0 rings (SSSR count). The third kappa shape index (κ3) is 9.26. The second-order valence-electron chi connectivity index (χ2n) is 0. The molecule has 0 bridgehead atoms. The molecule has 0 aliphatic heterocycles. The molecule has 0 heterocycles. The first-order valence-corrected chi connectivity index (χ1v) is 0. The van der Waals surface area contributed by atoms with Gasteiger partial charge in [0.05, 0.1) is 0 Å². The summed E-state index contributed by atoms with van der Waals surface area (Å²) in [5, 5.41) is 0. The van der Waals surface area contributed by atoms with Crippen molar-refractivity contribution in [1.29, 1.82) is 0 Å². The van der Waals surface area contributed by atoms with Gasteiger partial charge in [0.15, 0.2) is 0 Å². The minimum atomic E-state index is 0. The van der Waals surface area contributed by atoms with E-state index >= 15 is 0 Å². The summed E-state index contributed by atoms with van der Waals surface area (Å²) in [6, 6.07) is 0. The van der Waals surface area contributed by atoms with Gasteiger partial charge >= 0.3 is 0 Å². The van der Waals surface area contributed by atoms with E-state index in [1.807, 2.05) is 0 Å². The number of hydrogen-bond acceptors (Lipinski definition) is 0. The molecule has 0 aromatic heterocycles. The Labute approximate surface area is 110 Å². The first kappa shape index (κ1) is 25.0. The summed E-state index contributed by atoms with van der Waals surface area (Å²) < 4.78 is 0. The summed E-state index contributed by atoms with van der Waals surface area (Å²) in [5.74, 6) is 0. The van der Waals surface area contributed by atoms with Gasteiger partial charge in [-0.2, -0.15) is 0 Å². The fourth-order valence-corrected chi connectivity index (χ4v) is 0. The predicted octanol–water partition coefficient (Wildman–Crippen LogP) is -1.14. The maximum Gasteiger partial charge on any atom is 0 e. The van der Waals surface area contributed by atoms with Crippen molar-refractivity contribution in [2.24, 2.45) is 0 Å². The molecule has 0 unspecified atom stereocenters. The van der Waals surface area contributed by atoms with Crippen LogP contribution in [0.3, 0.4) is 0 Å². The van der Waals surface area contributed by atoms with E-state index in [1.165, 1.54) is 0 Å². The van der Waals surface area contributed by atoms with Gasteiger partial charge in [-0.1, -0.05) is 0 Å². The fourth-order valence-electron chi connectivity index (χ4n) is 0. The van der Waals surface area contributed by atoms with Crippen molar-refractivity contribution < 1.29 is 35.6 Å². The van der Waals surface area contributed by atoms with E-state index in [2.05, 4.69) is 0 Å². The number of hydrogen-bond donors (Lipinski definition) is 0. The van der Waals surface area contributed by atoms with Crippen LogP contribution in [-0.2, 0) is 0 Å². The minimum absolute atomic E-state index is 0. The van der Waals surface area contributed by atoms with Crippen LogP contribution in [0.25, 0.3) is 0 Å². The first-order chi connectivity index (χ1) is 0. The summed E-state index contributed by atoms with van der Waals surface area (Å²) in [4.78, 5) is 0. The van der Waals surface area contributed by atoms with Crippen LogP contribution in [-0.4, -0.2) is 77.5 Å². The molecular formula is In3La. The average Bonchev–Trinajstić information content (AvgIpc) is 0. The van der Waals surface area contributed by atoms with Gasteiger partial charge in [-0.15, -0.1) is 0 Å². The fraction of sp³-hybridized carbons (Fsp3) is 0. The van der Waals surface area contributed by atoms with Crippen LogP contribution in [0.1, 0.15) is 0 Å². The largest absolute Gasteiger partial charge is 0 e. The molecule has 0 N–H and O–H groups in total. The van der Waals surface area contributed by atoms with E-state index in [0.717, 1.165) is 0 Å². The monoisotopic (exact) mass is 484 g/mol. The minimum Gasteiger partial charge on any atom is 0 e. The van der Waals surface area contributed by atoms with Gasteiger partial charge in [-0.3, -0.25) is 0 Å². The molecule has 0 atom stereocenters. The van der Waals surface area contributed by atoms with Crippen molar-refractivity contribution in [2.45, 2.75) is 0 Å². The quantitative estimate of drug-likeness (QED) is 0.409. The molecule has 0 aliphatic rings. The summed E-state index contributed by atoms with van der Waals surface area (Å²) in [6.07, 6.45) is 0. The molecule has 0 aromatic rings. The third-order valence-corrected chi connectivity index (χ3v) is 0. The topological polar surface area (TPSA) is 0 Å². The van der Waals surface area contributed by atoms with Gasteiger partial charge < -0.3 is 0 Å². The first-order valence-electron chi connectivity index (χ1n) is 0. The van der Waals surface area contributed by atoms with Crippen LogP contribution >= 0.6 is 0 Å². The Hall–Kier alpha value is 3.81. The molecule has 0 saturated heterocycles. The molecule has 0 amide bonds. The summed E-state index contributed by atoms with van der Waals surface area (Å²) in [5.41, 5.74) is 0.